The highest BCUT2D eigenvalue weighted by Gasteiger charge is 2.13. The molecule has 3 heteroatoms. The highest BCUT2D eigenvalue weighted by molar-refractivity contribution is 5.81. The van der Waals surface area contributed by atoms with Crippen LogP contribution in [0.5, 0.6) is 0 Å². The van der Waals surface area contributed by atoms with E-state index in [9.17, 15) is 4.79 Å². The van der Waals surface area contributed by atoms with E-state index >= 15 is 0 Å². The number of carbonyl (C=O) groups is 1. The zero-order valence-corrected chi connectivity index (χ0v) is 12.2. The second kappa shape index (κ2) is 6.43. The van der Waals surface area contributed by atoms with Gasteiger partial charge in [-0.25, -0.2) is 0 Å². The number of carbonyl (C=O) groups excluding carboxylic acids is 1. The number of benzene rings is 1. The lowest BCUT2D eigenvalue weighted by Gasteiger charge is -2.25. The van der Waals surface area contributed by atoms with Crippen LogP contribution in [0.2, 0.25) is 0 Å². The Kier molecular flexibility index (Phi) is 5.20. The quantitative estimate of drug-likeness (QED) is 0.799. The predicted octanol–water partition coefficient (Wildman–Crippen LogP) is 2.61. The van der Waals surface area contributed by atoms with E-state index in [4.69, 9.17) is 0 Å². The molecule has 0 bridgehead atoms. The predicted molar refractivity (Wildman–Crippen MR) is 77.1 cm³/mol. The molecule has 0 saturated heterocycles. The van der Waals surface area contributed by atoms with Crippen LogP contribution in [0, 0.1) is 13.8 Å². The summed E-state index contributed by atoms with van der Waals surface area (Å²) in [5, 5.41) is 0. The molecule has 100 valence electrons. The molecule has 1 rings (SSSR count). The maximum atomic E-state index is 12.1. The zero-order valence-electron chi connectivity index (χ0n) is 12.2. The van der Waals surface area contributed by atoms with Gasteiger partial charge in [-0.3, -0.25) is 4.79 Å². The Bertz CT molecular complexity index is 411. The first-order chi connectivity index (χ1) is 8.49. The topological polar surface area (TPSA) is 23.6 Å². The van der Waals surface area contributed by atoms with Gasteiger partial charge in [0, 0.05) is 25.8 Å². The Morgan fingerprint density at radius 3 is 2.33 bits per heavy atom. The molecule has 0 aliphatic carbocycles. The molecule has 0 saturated carbocycles. The molecule has 0 atom stereocenters. The van der Waals surface area contributed by atoms with Crippen LogP contribution in [0.4, 0.5) is 5.69 Å². The summed E-state index contributed by atoms with van der Waals surface area (Å²) < 4.78 is 0. The fourth-order valence-electron chi connectivity index (χ4n) is 2.10. The average molecular weight is 248 g/mol. The van der Waals surface area contributed by atoms with E-state index in [2.05, 4.69) is 32.0 Å². The van der Waals surface area contributed by atoms with Gasteiger partial charge < -0.3 is 9.80 Å². The van der Waals surface area contributed by atoms with E-state index in [1.807, 2.05) is 30.7 Å². The Balaban J connectivity index is 2.79. The van der Waals surface area contributed by atoms with Crippen LogP contribution in [0.3, 0.4) is 0 Å². The number of amides is 1. The van der Waals surface area contributed by atoms with Gasteiger partial charge in [-0.15, -0.1) is 0 Å². The van der Waals surface area contributed by atoms with Crippen LogP contribution in [0.1, 0.15) is 25.0 Å². The van der Waals surface area contributed by atoms with Crippen LogP contribution < -0.4 is 4.90 Å². The van der Waals surface area contributed by atoms with E-state index in [-0.39, 0.29) is 5.91 Å². The Morgan fingerprint density at radius 1 is 1.17 bits per heavy atom. The fraction of sp³-hybridized carbons (Fsp3) is 0.533. The molecule has 0 aromatic heterocycles. The normalized spacial score (nSPS) is 10.3. The summed E-state index contributed by atoms with van der Waals surface area (Å²) in [5.74, 6) is 0.184. The molecule has 1 aromatic rings. The number of nitrogens with zero attached hydrogens (tertiary/aromatic N) is 2. The number of hydrogen-bond donors (Lipinski definition) is 0. The first-order valence-corrected chi connectivity index (χ1v) is 6.55. The van der Waals surface area contributed by atoms with Crippen molar-refractivity contribution in [2.75, 3.05) is 31.6 Å². The largest absolute Gasteiger partial charge is 0.365 e. The molecule has 0 fully saturated rings. The SMILES string of the molecule is CCN(CC)C(=O)CN(C)c1cc(C)ccc1C. The summed E-state index contributed by atoms with van der Waals surface area (Å²) in [7, 11) is 1.98. The van der Waals surface area contributed by atoms with Gasteiger partial charge in [0.2, 0.25) is 5.91 Å². The summed E-state index contributed by atoms with van der Waals surface area (Å²) in [4.78, 5) is 16.0. The fourth-order valence-corrected chi connectivity index (χ4v) is 2.10. The second-order valence-electron chi connectivity index (χ2n) is 4.71. The zero-order chi connectivity index (χ0) is 13.7. The van der Waals surface area contributed by atoms with Crippen LogP contribution in [-0.4, -0.2) is 37.5 Å². The number of aryl methyl sites for hydroxylation is 2. The molecular formula is C15H24N2O. The third-order valence-corrected chi connectivity index (χ3v) is 3.26. The molecule has 3 nitrogen and oxygen atoms in total. The van der Waals surface area contributed by atoms with Crippen molar-refractivity contribution in [1.82, 2.24) is 4.90 Å². The van der Waals surface area contributed by atoms with Crippen molar-refractivity contribution in [2.24, 2.45) is 0 Å². The lowest BCUT2D eigenvalue weighted by Crippen LogP contribution is -2.39. The summed E-state index contributed by atoms with van der Waals surface area (Å²) in [5.41, 5.74) is 3.56. The minimum atomic E-state index is 0.184. The molecule has 0 aliphatic heterocycles. The first-order valence-electron chi connectivity index (χ1n) is 6.55. The summed E-state index contributed by atoms with van der Waals surface area (Å²) in [6, 6.07) is 6.33. The highest BCUT2D eigenvalue weighted by atomic mass is 16.2. The molecule has 1 amide bonds. The van der Waals surface area contributed by atoms with E-state index in [0.717, 1.165) is 18.8 Å². The van der Waals surface area contributed by atoms with Crippen molar-refractivity contribution in [3.63, 3.8) is 0 Å². The van der Waals surface area contributed by atoms with Gasteiger partial charge in [0.15, 0.2) is 0 Å². The van der Waals surface area contributed by atoms with Crippen molar-refractivity contribution in [3.8, 4) is 0 Å². The highest BCUT2D eigenvalue weighted by Crippen LogP contribution is 2.20. The number of hydrogen-bond acceptors (Lipinski definition) is 2. The van der Waals surface area contributed by atoms with Crippen LogP contribution in [-0.2, 0) is 4.79 Å². The molecule has 0 radical (unpaired) electrons. The van der Waals surface area contributed by atoms with Crippen molar-refractivity contribution >= 4 is 11.6 Å². The van der Waals surface area contributed by atoms with Crippen molar-refractivity contribution < 1.29 is 4.79 Å². The van der Waals surface area contributed by atoms with Crippen LogP contribution >= 0.6 is 0 Å². The van der Waals surface area contributed by atoms with Gasteiger partial charge in [-0.1, -0.05) is 12.1 Å². The van der Waals surface area contributed by atoms with Gasteiger partial charge in [0.25, 0.3) is 0 Å². The van der Waals surface area contributed by atoms with Gasteiger partial charge in [-0.2, -0.15) is 0 Å². The second-order valence-corrected chi connectivity index (χ2v) is 4.71. The van der Waals surface area contributed by atoms with E-state index in [1.54, 1.807) is 0 Å². The summed E-state index contributed by atoms with van der Waals surface area (Å²) in [6.07, 6.45) is 0. The third-order valence-electron chi connectivity index (χ3n) is 3.26. The lowest BCUT2D eigenvalue weighted by atomic mass is 10.1. The molecule has 0 spiro atoms. The lowest BCUT2D eigenvalue weighted by molar-refractivity contribution is -0.129. The minimum Gasteiger partial charge on any atom is -0.365 e. The van der Waals surface area contributed by atoms with Gasteiger partial charge in [0.05, 0.1) is 6.54 Å². The van der Waals surface area contributed by atoms with E-state index < -0.39 is 0 Å². The van der Waals surface area contributed by atoms with Gasteiger partial charge in [-0.05, 0) is 44.9 Å². The molecule has 18 heavy (non-hydrogen) atoms. The van der Waals surface area contributed by atoms with Gasteiger partial charge >= 0.3 is 0 Å². The molecule has 0 aliphatic rings. The van der Waals surface area contributed by atoms with Crippen molar-refractivity contribution in [1.29, 1.82) is 0 Å². The van der Waals surface area contributed by atoms with E-state index in [1.165, 1.54) is 11.1 Å². The average Bonchev–Trinajstić information content (AvgIpc) is 2.33. The summed E-state index contributed by atoms with van der Waals surface area (Å²) in [6.45, 7) is 10.2. The number of rotatable bonds is 5. The van der Waals surface area contributed by atoms with Crippen molar-refractivity contribution in [3.05, 3.63) is 29.3 Å². The Labute approximate surface area is 110 Å². The summed E-state index contributed by atoms with van der Waals surface area (Å²) >= 11 is 0. The molecule has 0 N–H and O–H groups in total. The maximum absolute atomic E-state index is 12.1. The van der Waals surface area contributed by atoms with Crippen LogP contribution in [0.25, 0.3) is 0 Å². The number of likely N-dealkylation sites (N-methyl/N-ethyl adjacent to an activating group) is 2. The monoisotopic (exact) mass is 248 g/mol. The van der Waals surface area contributed by atoms with Crippen LogP contribution in [0.15, 0.2) is 18.2 Å². The minimum absolute atomic E-state index is 0.184. The number of anilines is 1. The Hall–Kier alpha value is -1.51. The van der Waals surface area contributed by atoms with E-state index in [0.29, 0.717) is 6.54 Å². The van der Waals surface area contributed by atoms with Crippen molar-refractivity contribution in [2.45, 2.75) is 27.7 Å². The Morgan fingerprint density at radius 2 is 1.78 bits per heavy atom. The standard InChI is InChI=1S/C15H24N2O/c1-6-17(7-2)15(18)11-16(5)14-10-12(3)8-9-13(14)4/h8-10H,6-7,11H2,1-5H3. The molecule has 0 unspecified atom stereocenters. The maximum Gasteiger partial charge on any atom is 0.242 e. The third kappa shape index (κ3) is 3.49. The van der Waals surface area contributed by atoms with Gasteiger partial charge in [0.1, 0.15) is 0 Å². The first kappa shape index (κ1) is 14.6. The smallest absolute Gasteiger partial charge is 0.242 e. The molecular weight excluding hydrogens is 224 g/mol. The molecule has 1 aromatic carbocycles. The molecule has 0 heterocycles.